The second-order valence-electron chi connectivity index (χ2n) is 5.57. The minimum absolute atomic E-state index is 0.0623. The molecule has 0 bridgehead atoms. The van der Waals surface area contributed by atoms with Crippen LogP contribution in [0.15, 0.2) is 29.8 Å². The zero-order chi connectivity index (χ0) is 17.9. The van der Waals surface area contributed by atoms with Gasteiger partial charge in [-0.05, 0) is 39.0 Å². The molecule has 24 heavy (non-hydrogen) atoms. The number of carboxylic acids is 1. The standard InChI is InChI=1S/C17H20N2O5/c1-4-10(2)11(3)18-15(20)12-7-13(16(21)22)9-14(8-12)19-5-6-24-17(19)23/h4,7-9,11H,5-6H2,1-3H3,(H,18,20)(H,21,22). The van der Waals surface area contributed by atoms with Gasteiger partial charge in [0.15, 0.2) is 0 Å². The summed E-state index contributed by atoms with van der Waals surface area (Å²) in [5.74, 6) is -1.57. The molecule has 1 fully saturated rings. The van der Waals surface area contributed by atoms with Gasteiger partial charge in [0.05, 0.1) is 12.1 Å². The largest absolute Gasteiger partial charge is 0.478 e. The van der Waals surface area contributed by atoms with Crippen LogP contribution in [-0.4, -0.2) is 42.3 Å². The Morgan fingerprint density at radius 3 is 2.54 bits per heavy atom. The molecule has 0 aromatic heterocycles. The molecule has 2 N–H and O–H groups in total. The van der Waals surface area contributed by atoms with E-state index in [9.17, 15) is 19.5 Å². The van der Waals surface area contributed by atoms with Gasteiger partial charge in [-0.2, -0.15) is 0 Å². The molecule has 7 heteroatoms. The molecule has 0 spiro atoms. The number of carbonyl (C=O) groups is 3. The molecule has 1 aliphatic heterocycles. The third kappa shape index (κ3) is 3.73. The number of cyclic esters (lactones) is 1. The van der Waals surface area contributed by atoms with Crippen LogP contribution in [0.25, 0.3) is 0 Å². The number of anilines is 1. The van der Waals surface area contributed by atoms with Crippen LogP contribution in [0.1, 0.15) is 41.5 Å². The van der Waals surface area contributed by atoms with Crippen LogP contribution < -0.4 is 10.2 Å². The molecule has 1 aromatic carbocycles. The lowest BCUT2D eigenvalue weighted by molar-refractivity contribution is 0.0696. The molecule has 2 amide bonds. The molecule has 0 radical (unpaired) electrons. The third-order valence-electron chi connectivity index (χ3n) is 3.99. The summed E-state index contributed by atoms with van der Waals surface area (Å²) in [4.78, 5) is 36.8. The topological polar surface area (TPSA) is 95.9 Å². The fraction of sp³-hybridized carbons (Fsp3) is 0.353. The van der Waals surface area contributed by atoms with Gasteiger partial charge < -0.3 is 15.2 Å². The van der Waals surface area contributed by atoms with Crippen molar-refractivity contribution in [3.05, 3.63) is 41.0 Å². The lowest BCUT2D eigenvalue weighted by atomic mass is 10.1. The van der Waals surface area contributed by atoms with Crippen LogP contribution in [0.4, 0.5) is 10.5 Å². The molecular weight excluding hydrogens is 312 g/mol. The monoisotopic (exact) mass is 332 g/mol. The Morgan fingerprint density at radius 1 is 1.33 bits per heavy atom. The van der Waals surface area contributed by atoms with Gasteiger partial charge in [0.25, 0.3) is 5.91 Å². The predicted molar refractivity (Wildman–Crippen MR) is 88.5 cm³/mol. The molecule has 128 valence electrons. The zero-order valence-electron chi connectivity index (χ0n) is 13.8. The van der Waals surface area contributed by atoms with Crippen molar-refractivity contribution >= 4 is 23.7 Å². The van der Waals surface area contributed by atoms with Crippen molar-refractivity contribution < 1.29 is 24.2 Å². The van der Waals surface area contributed by atoms with Gasteiger partial charge >= 0.3 is 12.1 Å². The average Bonchev–Trinajstić information content (AvgIpc) is 2.99. The first-order valence-electron chi connectivity index (χ1n) is 7.59. The van der Waals surface area contributed by atoms with E-state index in [0.717, 1.165) is 5.57 Å². The van der Waals surface area contributed by atoms with E-state index < -0.39 is 18.0 Å². The van der Waals surface area contributed by atoms with Crippen molar-refractivity contribution in [3.8, 4) is 0 Å². The summed E-state index contributed by atoms with van der Waals surface area (Å²) in [6, 6.07) is 3.95. The lowest BCUT2D eigenvalue weighted by Gasteiger charge is -2.17. The second-order valence-corrected chi connectivity index (χ2v) is 5.57. The summed E-state index contributed by atoms with van der Waals surface area (Å²) in [5.41, 5.74) is 1.44. The number of benzene rings is 1. The highest BCUT2D eigenvalue weighted by Gasteiger charge is 2.26. The average molecular weight is 332 g/mol. The number of allylic oxidation sites excluding steroid dienone is 1. The maximum atomic E-state index is 12.4. The van der Waals surface area contributed by atoms with Gasteiger partial charge in [-0.1, -0.05) is 11.6 Å². The van der Waals surface area contributed by atoms with Gasteiger partial charge in [0.1, 0.15) is 6.61 Å². The summed E-state index contributed by atoms with van der Waals surface area (Å²) in [6.07, 6.45) is 1.34. The quantitative estimate of drug-likeness (QED) is 0.807. The Labute approximate surface area is 139 Å². The molecule has 0 saturated carbocycles. The van der Waals surface area contributed by atoms with Gasteiger partial charge in [-0.3, -0.25) is 9.69 Å². The number of carbonyl (C=O) groups excluding carboxylic acids is 2. The third-order valence-corrected chi connectivity index (χ3v) is 3.99. The number of aromatic carboxylic acids is 1. The van der Waals surface area contributed by atoms with Gasteiger partial charge in [0.2, 0.25) is 0 Å². The van der Waals surface area contributed by atoms with Crippen molar-refractivity contribution in [2.24, 2.45) is 0 Å². The minimum atomic E-state index is -1.17. The SMILES string of the molecule is CC=C(C)C(C)NC(=O)c1cc(C(=O)O)cc(N2CCOC2=O)c1. The maximum Gasteiger partial charge on any atom is 0.414 e. The van der Waals surface area contributed by atoms with E-state index in [4.69, 9.17) is 4.74 Å². The molecule has 1 aliphatic rings. The highest BCUT2D eigenvalue weighted by Crippen LogP contribution is 2.23. The van der Waals surface area contributed by atoms with Crippen LogP contribution in [0.2, 0.25) is 0 Å². The predicted octanol–water partition coefficient (Wildman–Crippen LogP) is 2.43. The first-order valence-corrected chi connectivity index (χ1v) is 7.59. The molecule has 1 heterocycles. The second kappa shape index (κ2) is 7.16. The molecule has 1 aromatic rings. The molecular formula is C17H20N2O5. The molecule has 2 rings (SSSR count). The van der Waals surface area contributed by atoms with E-state index in [1.54, 1.807) is 0 Å². The van der Waals surface area contributed by atoms with Gasteiger partial charge in [-0.25, -0.2) is 9.59 Å². The van der Waals surface area contributed by atoms with Crippen molar-refractivity contribution in [1.29, 1.82) is 0 Å². The zero-order valence-corrected chi connectivity index (χ0v) is 13.8. The Balaban J connectivity index is 2.35. The van der Waals surface area contributed by atoms with Crippen molar-refractivity contribution in [1.82, 2.24) is 5.32 Å². The van der Waals surface area contributed by atoms with E-state index in [0.29, 0.717) is 12.2 Å². The number of hydrogen-bond acceptors (Lipinski definition) is 4. The number of nitrogens with zero attached hydrogens (tertiary/aromatic N) is 1. The van der Waals surface area contributed by atoms with Crippen molar-refractivity contribution in [2.75, 3.05) is 18.1 Å². The normalized spacial score (nSPS) is 15.9. The number of nitrogens with one attached hydrogen (secondary N) is 1. The van der Waals surface area contributed by atoms with Crippen molar-refractivity contribution in [2.45, 2.75) is 26.8 Å². The smallest absolute Gasteiger partial charge is 0.414 e. The summed E-state index contributed by atoms with van der Waals surface area (Å²) in [7, 11) is 0. The summed E-state index contributed by atoms with van der Waals surface area (Å²) in [6.45, 7) is 6.16. The van der Waals surface area contributed by atoms with E-state index in [-0.39, 0.29) is 23.8 Å². The van der Waals surface area contributed by atoms with Crippen LogP contribution in [0, 0.1) is 0 Å². The Kier molecular flexibility index (Phi) is 5.23. The number of carboxylic acid groups (broad SMARTS) is 1. The van der Waals surface area contributed by atoms with E-state index in [2.05, 4.69) is 5.32 Å². The number of hydrogen-bond donors (Lipinski definition) is 2. The summed E-state index contributed by atoms with van der Waals surface area (Å²) >= 11 is 0. The van der Waals surface area contributed by atoms with Crippen molar-refractivity contribution in [3.63, 3.8) is 0 Å². The van der Waals surface area contributed by atoms with Crippen LogP contribution in [-0.2, 0) is 4.74 Å². The maximum absolute atomic E-state index is 12.4. The minimum Gasteiger partial charge on any atom is -0.478 e. The molecule has 1 atom stereocenters. The Bertz CT molecular complexity index is 711. The highest BCUT2D eigenvalue weighted by molar-refractivity contribution is 6.01. The number of ether oxygens (including phenoxy) is 1. The van der Waals surface area contributed by atoms with E-state index in [1.165, 1.54) is 23.1 Å². The van der Waals surface area contributed by atoms with Gasteiger partial charge in [-0.15, -0.1) is 0 Å². The molecule has 1 unspecified atom stereocenters. The Hall–Kier alpha value is -2.83. The fourth-order valence-corrected chi connectivity index (χ4v) is 2.29. The molecule has 0 aliphatic carbocycles. The highest BCUT2D eigenvalue weighted by atomic mass is 16.6. The molecule has 7 nitrogen and oxygen atoms in total. The number of amides is 2. The fourth-order valence-electron chi connectivity index (χ4n) is 2.29. The number of rotatable bonds is 5. The summed E-state index contributed by atoms with van der Waals surface area (Å²) in [5, 5.41) is 12.1. The Morgan fingerprint density at radius 2 is 2.00 bits per heavy atom. The van der Waals surface area contributed by atoms with Crippen LogP contribution in [0.3, 0.4) is 0 Å². The first-order chi connectivity index (χ1) is 11.3. The van der Waals surface area contributed by atoms with Crippen LogP contribution >= 0.6 is 0 Å². The lowest BCUT2D eigenvalue weighted by Crippen LogP contribution is -2.33. The van der Waals surface area contributed by atoms with Crippen LogP contribution in [0.5, 0.6) is 0 Å². The molecule has 1 saturated heterocycles. The first kappa shape index (κ1) is 17.5. The summed E-state index contributed by atoms with van der Waals surface area (Å²) < 4.78 is 4.86. The van der Waals surface area contributed by atoms with E-state index >= 15 is 0 Å². The van der Waals surface area contributed by atoms with E-state index in [1.807, 2.05) is 26.8 Å². The van der Waals surface area contributed by atoms with Gasteiger partial charge in [0, 0.05) is 17.3 Å².